The van der Waals surface area contributed by atoms with Crippen molar-refractivity contribution in [2.75, 3.05) is 0 Å². The third kappa shape index (κ3) is 2.43. The highest BCUT2D eigenvalue weighted by molar-refractivity contribution is 5.81. The van der Waals surface area contributed by atoms with Crippen molar-refractivity contribution in [1.29, 1.82) is 0 Å². The number of nitrogens with zero attached hydrogens (tertiary/aromatic N) is 1. The molecule has 0 aliphatic rings. The molecule has 1 N–H and O–H groups in total. The van der Waals surface area contributed by atoms with Gasteiger partial charge in [-0.1, -0.05) is 43.7 Å². The van der Waals surface area contributed by atoms with E-state index in [1.165, 1.54) is 11.1 Å². The molecule has 0 aliphatic carbocycles. The maximum absolute atomic E-state index is 4.38. The molecule has 3 aromatic rings. The van der Waals surface area contributed by atoms with Gasteiger partial charge in [-0.3, -0.25) is 0 Å². The van der Waals surface area contributed by atoms with Crippen LogP contribution in [0, 0.1) is 6.92 Å². The number of pyridine rings is 1. The van der Waals surface area contributed by atoms with E-state index in [2.05, 4.69) is 47.2 Å². The lowest BCUT2D eigenvalue weighted by Gasteiger charge is -2.01. The van der Waals surface area contributed by atoms with E-state index in [1.807, 2.05) is 32.3 Å². The highest BCUT2D eigenvalue weighted by Crippen LogP contribution is 2.22. The fourth-order valence-corrected chi connectivity index (χ4v) is 1.84. The van der Waals surface area contributed by atoms with Gasteiger partial charge in [0.25, 0.3) is 0 Å². The second kappa shape index (κ2) is 5.50. The molecule has 92 valence electrons. The van der Waals surface area contributed by atoms with Gasteiger partial charge in [0.15, 0.2) is 0 Å². The van der Waals surface area contributed by atoms with Crippen molar-refractivity contribution in [2.45, 2.75) is 20.8 Å². The zero-order valence-corrected chi connectivity index (χ0v) is 11.1. The monoisotopic (exact) mass is 238 g/mol. The third-order valence-corrected chi connectivity index (χ3v) is 2.79. The zero-order chi connectivity index (χ0) is 13.0. The number of hydrogen-bond acceptors (Lipinski definition) is 1. The fourth-order valence-electron chi connectivity index (χ4n) is 1.84. The number of aromatic nitrogens is 2. The Labute approximate surface area is 108 Å². The van der Waals surface area contributed by atoms with Gasteiger partial charge in [0.2, 0.25) is 0 Å². The van der Waals surface area contributed by atoms with Gasteiger partial charge in [0, 0.05) is 23.3 Å². The Morgan fingerprint density at radius 3 is 2.39 bits per heavy atom. The van der Waals surface area contributed by atoms with Crippen LogP contribution < -0.4 is 0 Å². The Morgan fingerprint density at radius 1 is 0.944 bits per heavy atom. The molecule has 0 atom stereocenters. The minimum absolute atomic E-state index is 0.941. The summed E-state index contributed by atoms with van der Waals surface area (Å²) in [7, 11) is 0. The Balaban J connectivity index is 0.000000574. The summed E-state index contributed by atoms with van der Waals surface area (Å²) < 4.78 is 0. The first-order valence-corrected chi connectivity index (χ1v) is 6.33. The Kier molecular flexibility index (Phi) is 3.78. The standard InChI is InChI=1S/C14H12N2.C2H6/c1-10-2-4-11(5-3-10)13-8-12-6-7-15-14(12)16-9-13;1-2/h2-9H,1H3,(H,15,16);1-2H3. The van der Waals surface area contributed by atoms with Crippen LogP contribution in [-0.2, 0) is 0 Å². The molecule has 2 nitrogen and oxygen atoms in total. The summed E-state index contributed by atoms with van der Waals surface area (Å²) in [6.45, 7) is 6.09. The predicted molar refractivity (Wildman–Crippen MR) is 77.6 cm³/mol. The van der Waals surface area contributed by atoms with E-state index < -0.39 is 0 Å². The predicted octanol–water partition coefficient (Wildman–Crippen LogP) is 4.56. The summed E-state index contributed by atoms with van der Waals surface area (Å²) in [5.74, 6) is 0. The normalized spacial score (nSPS) is 9.94. The van der Waals surface area contributed by atoms with Gasteiger partial charge in [-0.15, -0.1) is 0 Å². The molecule has 0 radical (unpaired) electrons. The minimum atomic E-state index is 0.941. The Hall–Kier alpha value is -2.09. The highest BCUT2D eigenvalue weighted by Gasteiger charge is 2.00. The van der Waals surface area contributed by atoms with Crippen molar-refractivity contribution in [2.24, 2.45) is 0 Å². The quantitative estimate of drug-likeness (QED) is 0.661. The van der Waals surface area contributed by atoms with E-state index in [-0.39, 0.29) is 0 Å². The minimum Gasteiger partial charge on any atom is -0.346 e. The summed E-state index contributed by atoms with van der Waals surface area (Å²) in [5.41, 5.74) is 4.59. The molecular formula is C16H18N2. The van der Waals surface area contributed by atoms with Crippen LogP contribution in [0.1, 0.15) is 19.4 Å². The van der Waals surface area contributed by atoms with E-state index in [1.54, 1.807) is 0 Å². The first kappa shape index (κ1) is 12.4. The number of rotatable bonds is 1. The molecule has 0 fully saturated rings. The maximum Gasteiger partial charge on any atom is 0.137 e. The topological polar surface area (TPSA) is 28.7 Å². The van der Waals surface area contributed by atoms with Gasteiger partial charge in [0.1, 0.15) is 5.65 Å². The van der Waals surface area contributed by atoms with Crippen molar-refractivity contribution < 1.29 is 0 Å². The summed E-state index contributed by atoms with van der Waals surface area (Å²) in [6, 6.07) is 12.7. The van der Waals surface area contributed by atoms with Crippen LogP contribution in [0.5, 0.6) is 0 Å². The van der Waals surface area contributed by atoms with E-state index in [9.17, 15) is 0 Å². The van der Waals surface area contributed by atoms with Crippen LogP contribution in [0.15, 0.2) is 48.8 Å². The van der Waals surface area contributed by atoms with Gasteiger partial charge >= 0.3 is 0 Å². The molecule has 0 bridgehead atoms. The highest BCUT2D eigenvalue weighted by atomic mass is 14.8. The number of fused-ring (bicyclic) bond motifs is 1. The molecular weight excluding hydrogens is 220 g/mol. The Bertz CT molecular complexity index is 621. The molecule has 0 saturated heterocycles. The number of aromatic amines is 1. The number of hydrogen-bond donors (Lipinski definition) is 1. The molecule has 0 aliphatic heterocycles. The molecule has 0 unspecified atom stereocenters. The molecule has 2 aromatic heterocycles. The van der Waals surface area contributed by atoms with Crippen LogP contribution in [0.25, 0.3) is 22.2 Å². The largest absolute Gasteiger partial charge is 0.346 e. The van der Waals surface area contributed by atoms with Gasteiger partial charge in [-0.25, -0.2) is 4.98 Å². The van der Waals surface area contributed by atoms with Crippen LogP contribution in [0.2, 0.25) is 0 Å². The SMILES string of the molecule is CC.Cc1ccc(-c2cnc3[nH]ccc3c2)cc1. The molecule has 2 heteroatoms. The lowest BCUT2D eigenvalue weighted by molar-refractivity contribution is 1.32. The van der Waals surface area contributed by atoms with Crippen molar-refractivity contribution in [3.05, 3.63) is 54.4 Å². The van der Waals surface area contributed by atoms with E-state index in [0.717, 1.165) is 16.6 Å². The lowest BCUT2D eigenvalue weighted by Crippen LogP contribution is -1.81. The second-order valence-electron chi connectivity index (χ2n) is 4.01. The average molecular weight is 238 g/mol. The van der Waals surface area contributed by atoms with Gasteiger partial charge in [0.05, 0.1) is 0 Å². The van der Waals surface area contributed by atoms with Crippen LogP contribution >= 0.6 is 0 Å². The van der Waals surface area contributed by atoms with Crippen molar-refractivity contribution in [1.82, 2.24) is 9.97 Å². The van der Waals surface area contributed by atoms with Gasteiger partial charge in [-0.2, -0.15) is 0 Å². The van der Waals surface area contributed by atoms with Crippen LogP contribution in [0.4, 0.5) is 0 Å². The summed E-state index contributed by atoms with van der Waals surface area (Å²) in [5, 5.41) is 1.15. The van der Waals surface area contributed by atoms with E-state index in [4.69, 9.17) is 0 Å². The molecule has 0 saturated carbocycles. The van der Waals surface area contributed by atoms with E-state index in [0.29, 0.717) is 0 Å². The smallest absolute Gasteiger partial charge is 0.137 e. The van der Waals surface area contributed by atoms with Crippen molar-refractivity contribution in [3.8, 4) is 11.1 Å². The molecule has 2 heterocycles. The van der Waals surface area contributed by atoms with Crippen molar-refractivity contribution >= 4 is 11.0 Å². The molecule has 18 heavy (non-hydrogen) atoms. The van der Waals surface area contributed by atoms with Crippen LogP contribution in [-0.4, -0.2) is 9.97 Å². The van der Waals surface area contributed by atoms with Gasteiger partial charge < -0.3 is 4.98 Å². The number of H-pyrrole nitrogens is 1. The Morgan fingerprint density at radius 2 is 1.67 bits per heavy atom. The number of nitrogens with one attached hydrogen (secondary N) is 1. The average Bonchev–Trinajstić information content (AvgIpc) is 2.89. The maximum atomic E-state index is 4.38. The molecule has 3 rings (SSSR count). The summed E-state index contributed by atoms with van der Waals surface area (Å²) >= 11 is 0. The summed E-state index contributed by atoms with van der Waals surface area (Å²) in [6.07, 6.45) is 3.82. The molecule has 0 amide bonds. The second-order valence-corrected chi connectivity index (χ2v) is 4.01. The van der Waals surface area contributed by atoms with Gasteiger partial charge in [-0.05, 0) is 24.6 Å². The lowest BCUT2D eigenvalue weighted by atomic mass is 10.1. The van der Waals surface area contributed by atoms with Crippen molar-refractivity contribution in [3.63, 3.8) is 0 Å². The number of benzene rings is 1. The molecule has 1 aromatic carbocycles. The first-order valence-electron chi connectivity index (χ1n) is 6.33. The first-order chi connectivity index (χ1) is 8.83. The van der Waals surface area contributed by atoms with E-state index >= 15 is 0 Å². The third-order valence-electron chi connectivity index (χ3n) is 2.79. The fraction of sp³-hybridized carbons (Fsp3) is 0.188. The van der Waals surface area contributed by atoms with Crippen LogP contribution in [0.3, 0.4) is 0 Å². The number of aryl methyl sites for hydroxylation is 1. The zero-order valence-electron chi connectivity index (χ0n) is 11.1. The molecule has 0 spiro atoms. The summed E-state index contributed by atoms with van der Waals surface area (Å²) in [4.78, 5) is 7.48.